The molecule has 18 heavy (non-hydrogen) atoms. The number of amides is 1. The maximum absolute atomic E-state index is 12.0. The van der Waals surface area contributed by atoms with Crippen molar-refractivity contribution in [3.8, 4) is 0 Å². The Labute approximate surface area is 111 Å². The van der Waals surface area contributed by atoms with Gasteiger partial charge in [0.1, 0.15) is 5.92 Å². The van der Waals surface area contributed by atoms with Gasteiger partial charge < -0.3 is 10.1 Å². The number of benzene rings is 1. The van der Waals surface area contributed by atoms with Gasteiger partial charge in [-0.25, -0.2) is 0 Å². The summed E-state index contributed by atoms with van der Waals surface area (Å²) < 4.78 is 4.63. The first-order valence-electron chi connectivity index (χ1n) is 5.60. The number of esters is 1. The molecule has 0 aromatic heterocycles. The van der Waals surface area contributed by atoms with Gasteiger partial charge in [-0.05, 0) is 24.1 Å². The predicted octanol–water partition coefficient (Wildman–Crippen LogP) is 2.72. The molecule has 0 fully saturated rings. The molecule has 0 heterocycles. The molecule has 0 saturated heterocycles. The molecule has 1 rings (SSSR count). The molecule has 0 aliphatic heterocycles. The van der Waals surface area contributed by atoms with Crippen LogP contribution in [0.25, 0.3) is 0 Å². The van der Waals surface area contributed by atoms with Crippen LogP contribution in [-0.2, 0) is 14.3 Å². The summed E-state index contributed by atoms with van der Waals surface area (Å²) in [5.41, 5.74) is 0.557. The van der Waals surface area contributed by atoms with E-state index in [1.165, 1.54) is 7.11 Å². The number of halogens is 1. The number of hydrogen-bond donors (Lipinski definition) is 1. The van der Waals surface area contributed by atoms with Crippen molar-refractivity contribution >= 4 is 29.2 Å². The molecule has 0 radical (unpaired) electrons. The molecule has 4 nitrogen and oxygen atoms in total. The molecular weight excluding hydrogens is 254 g/mol. The van der Waals surface area contributed by atoms with Crippen LogP contribution in [0.1, 0.15) is 13.8 Å². The number of carbonyl (C=O) groups is 2. The lowest BCUT2D eigenvalue weighted by atomic mass is 9.95. The van der Waals surface area contributed by atoms with Gasteiger partial charge >= 0.3 is 5.97 Å². The molecular formula is C13H16ClNO3. The maximum Gasteiger partial charge on any atom is 0.318 e. The van der Waals surface area contributed by atoms with Gasteiger partial charge in [0.25, 0.3) is 0 Å². The smallest absolute Gasteiger partial charge is 0.318 e. The largest absolute Gasteiger partial charge is 0.468 e. The van der Waals surface area contributed by atoms with E-state index in [4.69, 9.17) is 11.6 Å². The van der Waals surface area contributed by atoms with Crippen molar-refractivity contribution in [2.24, 2.45) is 11.8 Å². The van der Waals surface area contributed by atoms with Crippen LogP contribution in [-0.4, -0.2) is 19.0 Å². The zero-order chi connectivity index (χ0) is 13.7. The molecule has 0 aliphatic rings. The van der Waals surface area contributed by atoms with E-state index >= 15 is 0 Å². The summed E-state index contributed by atoms with van der Waals surface area (Å²) in [7, 11) is 1.27. The number of nitrogens with one attached hydrogen (secondary N) is 1. The Balaban J connectivity index is 2.82. The van der Waals surface area contributed by atoms with E-state index in [9.17, 15) is 9.59 Å². The number of anilines is 1. The number of ether oxygens (including phenoxy) is 1. The highest BCUT2D eigenvalue weighted by atomic mass is 35.5. The van der Waals surface area contributed by atoms with Gasteiger partial charge in [-0.3, -0.25) is 9.59 Å². The zero-order valence-corrected chi connectivity index (χ0v) is 11.3. The summed E-state index contributed by atoms with van der Waals surface area (Å²) in [5.74, 6) is -1.89. The predicted molar refractivity (Wildman–Crippen MR) is 70.4 cm³/mol. The third kappa shape index (κ3) is 3.74. The zero-order valence-electron chi connectivity index (χ0n) is 10.6. The minimum atomic E-state index is -0.825. The van der Waals surface area contributed by atoms with E-state index in [-0.39, 0.29) is 11.8 Å². The summed E-state index contributed by atoms with van der Waals surface area (Å²) in [6, 6.07) is 6.75. The summed E-state index contributed by atoms with van der Waals surface area (Å²) in [6.07, 6.45) is 0. The molecule has 0 bridgehead atoms. The Morgan fingerprint density at radius 1 is 1.33 bits per heavy atom. The maximum atomic E-state index is 12.0. The van der Waals surface area contributed by atoms with E-state index in [0.29, 0.717) is 10.7 Å². The van der Waals surface area contributed by atoms with Crippen LogP contribution in [0.5, 0.6) is 0 Å². The second-order valence-electron chi connectivity index (χ2n) is 4.24. The molecule has 98 valence electrons. The fourth-order valence-electron chi connectivity index (χ4n) is 1.60. The lowest BCUT2D eigenvalue weighted by Crippen LogP contribution is -2.34. The van der Waals surface area contributed by atoms with Crippen molar-refractivity contribution in [1.29, 1.82) is 0 Å². The lowest BCUT2D eigenvalue weighted by Gasteiger charge is -2.17. The van der Waals surface area contributed by atoms with Crippen molar-refractivity contribution in [3.63, 3.8) is 0 Å². The van der Waals surface area contributed by atoms with Crippen LogP contribution in [0.4, 0.5) is 5.69 Å². The Morgan fingerprint density at radius 2 is 2.00 bits per heavy atom. The molecule has 1 aromatic rings. The third-order valence-corrected chi connectivity index (χ3v) is 2.73. The number of carbonyl (C=O) groups excluding carboxylic acids is 2. The van der Waals surface area contributed by atoms with Gasteiger partial charge in [-0.15, -0.1) is 0 Å². The normalized spacial score (nSPS) is 12.1. The van der Waals surface area contributed by atoms with E-state index in [2.05, 4.69) is 10.1 Å². The van der Waals surface area contributed by atoms with E-state index in [1.807, 2.05) is 0 Å². The Kier molecular flexibility index (Phi) is 5.16. The minimum absolute atomic E-state index is 0.142. The highest BCUT2D eigenvalue weighted by Crippen LogP contribution is 2.19. The van der Waals surface area contributed by atoms with Crippen molar-refractivity contribution in [2.45, 2.75) is 13.8 Å². The average Bonchev–Trinajstić information content (AvgIpc) is 2.28. The molecule has 0 saturated carbocycles. The number of hydrogen-bond acceptors (Lipinski definition) is 3. The minimum Gasteiger partial charge on any atom is -0.468 e. The first-order valence-corrected chi connectivity index (χ1v) is 5.97. The molecule has 0 aliphatic carbocycles. The SMILES string of the molecule is COC(=O)C(C(=O)Nc1cccc(Cl)c1)C(C)C. The first-order chi connectivity index (χ1) is 8.45. The molecule has 5 heteroatoms. The molecule has 1 N–H and O–H groups in total. The Bertz CT molecular complexity index is 446. The second kappa shape index (κ2) is 6.40. The van der Waals surface area contributed by atoms with Crippen LogP contribution < -0.4 is 5.32 Å². The fraction of sp³-hybridized carbons (Fsp3) is 0.385. The number of methoxy groups -OCH3 is 1. The molecule has 1 atom stereocenters. The van der Waals surface area contributed by atoms with Crippen molar-refractivity contribution in [2.75, 3.05) is 12.4 Å². The first kappa shape index (κ1) is 14.5. The van der Waals surface area contributed by atoms with Crippen LogP contribution in [0.3, 0.4) is 0 Å². The Morgan fingerprint density at radius 3 is 2.50 bits per heavy atom. The van der Waals surface area contributed by atoms with Crippen LogP contribution in [0.2, 0.25) is 5.02 Å². The fourth-order valence-corrected chi connectivity index (χ4v) is 1.79. The molecule has 1 aromatic carbocycles. The lowest BCUT2D eigenvalue weighted by molar-refractivity contribution is -0.150. The van der Waals surface area contributed by atoms with Gasteiger partial charge in [-0.1, -0.05) is 31.5 Å². The highest BCUT2D eigenvalue weighted by Gasteiger charge is 2.30. The van der Waals surface area contributed by atoms with Crippen LogP contribution >= 0.6 is 11.6 Å². The third-order valence-electron chi connectivity index (χ3n) is 2.50. The van der Waals surface area contributed by atoms with E-state index < -0.39 is 11.9 Å². The van der Waals surface area contributed by atoms with Crippen molar-refractivity contribution in [1.82, 2.24) is 0 Å². The summed E-state index contributed by atoms with van der Waals surface area (Å²) in [6.45, 7) is 3.58. The van der Waals surface area contributed by atoms with Gasteiger partial charge in [0.2, 0.25) is 5.91 Å². The number of rotatable bonds is 4. The summed E-state index contributed by atoms with van der Waals surface area (Å²) in [4.78, 5) is 23.6. The molecule has 1 unspecified atom stereocenters. The summed E-state index contributed by atoms with van der Waals surface area (Å²) >= 11 is 5.82. The highest BCUT2D eigenvalue weighted by molar-refractivity contribution is 6.30. The van der Waals surface area contributed by atoms with Gasteiger partial charge in [0.05, 0.1) is 7.11 Å². The molecule has 1 amide bonds. The monoisotopic (exact) mass is 269 g/mol. The topological polar surface area (TPSA) is 55.4 Å². The molecule has 0 spiro atoms. The van der Waals surface area contributed by atoms with Crippen molar-refractivity contribution in [3.05, 3.63) is 29.3 Å². The summed E-state index contributed by atoms with van der Waals surface area (Å²) in [5, 5.41) is 3.18. The standard InChI is InChI=1S/C13H16ClNO3/c1-8(2)11(13(17)18-3)12(16)15-10-6-4-5-9(14)7-10/h4-8,11H,1-3H3,(H,15,16). The van der Waals surface area contributed by atoms with Gasteiger partial charge in [0, 0.05) is 10.7 Å². The Hall–Kier alpha value is -1.55. The van der Waals surface area contributed by atoms with Gasteiger partial charge in [-0.2, -0.15) is 0 Å². The van der Waals surface area contributed by atoms with Gasteiger partial charge in [0.15, 0.2) is 0 Å². The quantitative estimate of drug-likeness (QED) is 0.675. The average molecular weight is 270 g/mol. The van der Waals surface area contributed by atoms with Crippen molar-refractivity contribution < 1.29 is 14.3 Å². The van der Waals surface area contributed by atoms with E-state index in [1.54, 1.807) is 38.1 Å². The van der Waals surface area contributed by atoms with Crippen LogP contribution in [0.15, 0.2) is 24.3 Å². The van der Waals surface area contributed by atoms with E-state index in [0.717, 1.165) is 0 Å². The second-order valence-corrected chi connectivity index (χ2v) is 4.68. The van der Waals surface area contributed by atoms with Crippen LogP contribution in [0, 0.1) is 11.8 Å².